The van der Waals surface area contributed by atoms with E-state index in [-0.39, 0.29) is 11.9 Å². The summed E-state index contributed by atoms with van der Waals surface area (Å²) in [5, 5.41) is 4.20. The fraction of sp³-hybridized carbons (Fsp3) is 0.375. The van der Waals surface area contributed by atoms with Crippen LogP contribution < -0.4 is 5.32 Å². The Morgan fingerprint density at radius 3 is 2.90 bits per heavy atom. The number of nitrogens with one attached hydrogen (secondary N) is 1. The minimum atomic E-state index is -0.0888. The lowest BCUT2D eigenvalue weighted by Crippen LogP contribution is -2.32. The highest BCUT2D eigenvalue weighted by Gasteiger charge is 2.14. The third-order valence-electron chi connectivity index (χ3n) is 3.30. The van der Waals surface area contributed by atoms with Crippen molar-refractivity contribution >= 4 is 28.4 Å². The third kappa shape index (κ3) is 3.48. The third-order valence-corrected chi connectivity index (χ3v) is 3.49. The van der Waals surface area contributed by atoms with Crippen molar-refractivity contribution in [2.24, 2.45) is 0 Å². The number of hydrogen-bond donors (Lipinski definition) is 1. The van der Waals surface area contributed by atoms with E-state index in [9.17, 15) is 4.79 Å². The second-order valence-electron chi connectivity index (χ2n) is 5.03. The van der Waals surface area contributed by atoms with Gasteiger partial charge in [-0.05, 0) is 25.5 Å². The maximum Gasteiger partial charge on any atom is 0.252 e. The molecule has 0 aliphatic rings. The Morgan fingerprint density at radius 1 is 1.40 bits per heavy atom. The Kier molecular flexibility index (Phi) is 4.96. The van der Waals surface area contributed by atoms with Crippen LogP contribution in [0, 0.1) is 0 Å². The second kappa shape index (κ2) is 6.71. The number of carbonyl (C=O) groups excluding carboxylic acids is 1. The summed E-state index contributed by atoms with van der Waals surface area (Å²) < 4.78 is 0. The predicted molar refractivity (Wildman–Crippen MR) is 83.2 cm³/mol. The van der Waals surface area contributed by atoms with Gasteiger partial charge < -0.3 is 5.32 Å². The molecule has 1 unspecified atom stereocenters. The van der Waals surface area contributed by atoms with Crippen LogP contribution in [0.3, 0.4) is 0 Å². The summed E-state index contributed by atoms with van der Waals surface area (Å²) in [4.78, 5) is 16.6. The summed E-state index contributed by atoms with van der Waals surface area (Å²) >= 11 is 6.00. The zero-order valence-electron chi connectivity index (χ0n) is 11.8. The van der Waals surface area contributed by atoms with E-state index in [0.717, 1.165) is 30.2 Å². The van der Waals surface area contributed by atoms with Gasteiger partial charge in [0.25, 0.3) is 5.91 Å². The van der Waals surface area contributed by atoms with Crippen molar-refractivity contribution in [2.45, 2.75) is 39.2 Å². The van der Waals surface area contributed by atoms with Crippen LogP contribution in [-0.4, -0.2) is 16.9 Å². The number of rotatable bonds is 5. The van der Waals surface area contributed by atoms with E-state index in [1.165, 1.54) is 0 Å². The van der Waals surface area contributed by atoms with E-state index in [0.29, 0.717) is 10.7 Å². The first-order chi connectivity index (χ1) is 9.61. The molecule has 0 aliphatic heterocycles. The lowest BCUT2D eigenvalue weighted by molar-refractivity contribution is 0.0939. The summed E-state index contributed by atoms with van der Waals surface area (Å²) in [6.45, 7) is 4.17. The lowest BCUT2D eigenvalue weighted by atomic mass is 10.1. The summed E-state index contributed by atoms with van der Waals surface area (Å²) in [5.41, 5.74) is 1.33. The van der Waals surface area contributed by atoms with Gasteiger partial charge in [-0.1, -0.05) is 49.6 Å². The molecule has 0 bridgehead atoms. The highest BCUT2D eigenvalue weighted by molar-refractivity contribution is 6.30. The zero-order valence-corrected chi connectivity index (χ0v) is 12.6. The molecule has 3 nitrogen and oxygen atoms in total. The number of carbonyl (C=O) groups is 1. The van der Waals surface area contributed by atoms with Crippen LogP contribution in [0.25, 0.3) is 10.9 Å². The molecule has 2 aromatic rings. The van der Waals surface area contributed by atoms with Gasteiger partial charge in [0, 0.05) is 11.4 Å². The minimum Gasteiger partial charge on any atom is -0.350 e. The van der Waals surface area contributed by atoms with E-state index in [1.54, 1.807) is 6.07 Å². The van der Waals surface area contributed by atoms with Gasteiger partial charge in [-0.15, -0.1) is 0 Å². The molecule has 1 amide bonds. The molecule has 0 aliphatic carbocycles. The molecule has 0 fully saturated rings. The van der Waals surface area contributed by atoms with Crippen molar-refractivity contribution in [3.63, 3.8) is 0 Å². The van der Waals surface area contributed by atoms with Crippen LogP contribution in [0.15, 0.2) is 30.3 Å². The monoisotopic (exact) mass is 290 g/mol. The Morgan fingerprint density at radius 2 is 2.15 bits per heavy atom. The number of benzene rings is 1. The zero-order chi connectivity index (χ0) is 14.5. The van der Waals surface area contributed by atoms with Gasteiger partial charge in [0.15, 0.2) is 0 Å². The molecule has 1 aromatic carbocycles. The molecule has 1 heterocycles. The van der Waals surface area contributed by atoms with Crippen molar-refractivity contribution in [3.8, 4) is 0 Å². The fourth-order valence-corrected chi connectivity index (χ4v) is 2.42. The first-order valence-corrected chi connectivity index (χ1v) is 7.35. The molecular weight excluding hydrogens is 272 g/mol. The van der Waals surface area contributed by atoms with Crippen molar-refractivity contribution in [1.82, 2.24) is 10.3 Å². The molecule has 0 spiro atoms. The lowest BCUT2D eigenvalue weighted by Gasteiger charge is -2.14. The SMILES string of the molecule is CCCCC(C)NC(=O)c1cc(Cl)nc2ccccc12. The van der Waals surface area contributed by atoms with E-state index in [2.05, 4.69) is 17.2 Å². The molecule has 4 heteroatoms. The van der Waals surface area contributed by atoms with Crippen LogP contribution in [0.4, 0.5) is 0 Å². The van der Waals surface area contributed by atoms with Gasteiger partial charge in [0.1, 0.15) is 5.15 Å². The number of unbranched alkanes of at least 4 members (excludes halogenated alkanes) is 1. The van der Waals surface area contributed by atoms with Gasteiger partial charge >= 0.3 is 0 Å². The number of halogens is 1. The molecular formula is C16H19ClN2O. The van der Waals surface area contributed by atoms with Gasteiger partial charge in [-0.3, -0.25) is 4.79 Å². The normalized spacial score (nSPS) is 12.3. The number of fused-ring (bicyclic) bond motifs is 1. The molecule has 2 rings (SSSR count). The Balaban J connectivity index is 2.25. The van der Waals surface area contributed by atoms with Crippen molar-refractivity contribution in [3.05, 3.63) is 41.0 Å². The van der Waals surface area contributed by atoms with Crippen LogP contribution in [-0.2, 0) is 0 Å². The van der Waals surface area contributed by atoms with Gasteiger partial charge in [-0.2, -0.15) is 0 Å². The van der Waals surface area contributed by atoms with E-state index < -0.39 is 0 Å². The summed E-state index contributed by atoms with van der Waals surface area (Å²) in [6, 6.07) is 9.33. The Bertz CT molecular complexity index is 612. The molecule has 106 valence electrons. The Labute approximate surface area is 124 Å². The van der Waals surface area contributed by atoms with Gasteiger partial charge in [-0.25, -0.2) is 4.98 Å². The molecule has 1 aromatic heterocycles. The van der Waals surface area contributed by atoms with Gasteiger partial charge in [0.05, 0.1) is 11.1 Å². The number of hydrogen-bond acceptors (Lipinski definition) is 2. The van der Waals surface area contributed by atoms with E-state index >= 15 is 0 Å². The van der Waals surface area contributed by atoms with Crippen molar-refractivity contribution < 1.29 is 4.79 Å². The van der Waals surface area contributed by atoms with Gasteiger partial charge in [0.2, 0.25) is 0 Å². The molecule has 0 saturated heterocycles. The molecule has 0 radical (unpaired) electrons. The van der Waals surface area contributed by atoms with Crippen molar-refractivity contribution in [2.75, 3.05) is 0 Å². The van der Waals surface area contributed by atoms with E-state index in [1.807, 2.05) is 31.2 Å². The Hall–Kier alpha value is -1.61. The second-order valence-corrected chi connectivity index (χ2v) is 5.41. The average molecular weight is 291 g/mol. The van der Waals surface area contributed by atoms with Crippen LogP contribution in [0.2, 0.25) is 5.15 Å². The highest BCUT2D eigenvalue weighted by atomic mass is 35.5. The number of para-hydroxylation sites is 1. The fourth-order valence-electron chi connectivity index (χ4n) is 2.21. The number of aromatic nitrogens is 1. The van der Waals surface area contributed by atoms with Crippen molar-refractivity contribution in [1.29, 1.82) is 0 Å². The molecule has 20 heavy (non-hydrogen) atoms. The van der Waals surface area contributed by atoms with Crippen LogP contribution in [0.5, 0.6) is 0 Å². The molecule has 1 N–H and O–H groups in total. The summed E-state index contributed by atoms with van der Waals surface area (Å²) in [5.74, 6) is -0.0888. The quantitative estimate of drug-likeness (QED) is 0.839. The maximum absolute atomic E-state index is 12.4. The summed E-state index contributed by atoms with van der Waals surface area (Å²) in [7, 11) is 0. The van der Waals surface area contributed by atoms with E-state index in [4.69, 9.17) is 11.6 Å². The first kappa shape index (κ1) is 14.8. The standard InChI is InChI=1S/C16H19ClN2O/c1-3-4-7-11(2)18-16(20)13-10-15(17)19-14-9-6-5-8-12(13)14/h5-6,8-11H,3-4,7H2,1-2H3,(H,18,20). The number of pyridine rings is 1. The van der Waals surface area contributed by atoms with Crippen LogP contribution in [0.1, 0.15) is 43.5 Å². The first-order valence-electron chi connectivity index (χ1n) is 6.98. The predicted octanol–water partition coefficient (Wildman–Crippen LogP) is 4.20. The molecule has 0 saturated carbocycles. The maximum atomic E-state index is 12.4. The highest BCUT2D eigenvalue weighted by Crippen LogP contribution is 2.21. The number of nitrogens with zero attached hydrogens (tertiary/aromatic N) is 1. The van der Waals surface area contributed by atoms with Crippen LogP contribution >= 0.6 is 11.6 Å². The summed E-state index contributed by atoms with van der Waals surface area (Å²) in [6.07, 6.45) is 3.22. The minimum absolute atomic E-state index is 0.0888. The smallest absolute Gasteiger partial charge is 0.252 e. The topological polar surface area (TPSA) is 42.0 Å². The average Bonchev–Trinajstić information content (AvgIpc) is 2.44. The largest absolute Gasteiger partial charge is 0.350 e. The number of amides is 1. The molecule has 1 atom stereocenters.